The van der Waals surface area contributed by atoms with Gasteiger partial charge in [-0.25, -0.2) is 0 Å². The normalized spacial score (nSPS) is 12.0. The molecule has 0 fully saturated rings. The van der Waals surface area contributed by atoms with Crippen LogP contribution in [0.3, 0.4) is 0 Å². The van der Waals surface area contributed by atoms with Gasteiger partial charge in [-0.3, -0.25) is 0 Å². The third-order valence-corrected chi connectivity index (χ3v) is 19.4. The molecule has 0 nitrogen and oxygen atoms in total. The molecule has 0 spiro atoms. The fourth-order valence-electron chi connectivity index (χ4n) is 3.46. The summed E-state index contributed by atoms with van der Waals surface area (Å²) in [6.07, 6.45) is 17.8. The first-order valence-electron chi connectivity index (χ1n) is 10.1. The summed E-state index contributed by atoms with van der Waals surface area (Å²) in [7, 11) is 0. The standard InChI is InChI=1S/4C5H11.Sb/c4*1-3-5-4-2;/h4*1,3-5H2,2H3;. The van der Waals surface area contributed by atoms with Crippen LogP contribution in [0, 0.1) is 0 Å². The van der Waals surface area contributed by atoms with Gasteiger partial charge in [-0.05, 0) is 0 Å². The fraction of sp³-hybridized carbons (Fsp3) is 1.00. The van der Waals surface area contributed by atoms with Gasteiger partial charge >= 0.3 is 141 Å². The second kappa shape index (κ2) is 15.7. The minimum absolute atomic E-state index is 1.40. The molecule has 0 aromatic rings. The number of rotatable bonds is 16. The molecule has 0 heterocycles. The van der Waals surface area contributed by atoms with Gasteiger partial charge in [0.05, 0.1) is 0 Å². The number of hydrogen-bond donors (Lipinski definition) is 0. The van der Waals surface area contributed by atoms with Crippen LogP contribution in [-0.2, 0) is 0 Å². The van der Waals surface area contributed by atoms with Crippen LogP contribution >= 0.6 is 0 Å². The average molecular weight is 406 g/mol. The van der Waals surface area contributed by atoms with E-state index in [1.807, 2.05) is 0 Å². The van der Waals surface area contributed by atoms with Gasteiger partial charge < -0.3 is 0 Å². The van der Waals surface area contributed by atoms with E-state index in [4.69, 9.17) is 0 Å². The van der Waals surface area contributed by atoms with Crippen molar-refractivity contribution in [2.24, 2.45) is 0 Å². The Morgan fingerprint density at radius 1 is 0.381 bits per heavy atom. The Bertz CT molecular complexity index is 155. The molecule has 0 unspecified atom stereocenters. The van der Waals surface area contributed by atoms with E-state index in [1.165, 1.54) is 51.4 Å². The van der Waals surface area contributed by atoms with Crippen LogP contribution in [0.4, 0.5) is 0 Å². The quantitative estimate of drug-likeness (QED) is 0.179. The van der Waals surface area contributed by atoms with Crippen molar-refractivity contribution in [1.82, 2.24) is 0 Å². The SMILES string of the molecule is CCCC[CH2][Sb]([CH2]CCCC)([CH2]CCCC)[CH2]CCCC. The van der Waals surface area contributed by atoms with Crippen molar-refractivity contribution in [2.45, 2.75) is 122 Å². The van der Waals surface area contributed by atoms with Crippen molar-refractivity contribution in [1.29, 1.82) is 0 Å². The molecule has 0 aliphatic rings. The van der Waals surface area contributed by atoms with Gasteiger partial charge in [0.1, 0.15) is 0 Å². The first-order chi connectivity index (χ1) is 10.2. The van der Waals surface area contributed by atoms with Crippen LogP contribution in [-0.4, -0.2) is 18.8 Å². The zero-order valence-corrected chi connectivity index (χ0v) is 18.3. The summed E-state index contributed by atoms with van der Waals surface area (Å²) in [5.74, 6) is 0. The zero-order chi connectivity index (χ0) is 15.8. The molecule has 0 aliphatic heterocycles. The molecule has 1 heteroatoms. The summed E-state index contributed by atoms with van der Waals surface area (Å²) in [6.45, 7) is 9.45. The van der Waals surface area contributed by atoms with Crippen LogP contribution in [0.15, 0.2) is 0 Å². The first kappa shape index (κ1) is 21.8. The summed E-state index contributed by atoms with van der Waals surface area (Å²) in [4.78, 5) is 0. The molecular formula is C20H44Sb. The van der Waals surface area contributed by atoms with Gasteiger partial charge in [-0.15, -0.1) is 0 Å². The molecule has 0 saturated heterocycles. The maximum atomic E-state index is 2.36. The van der Waals surface area contributed by atoms with Gasteiger partial charge in [0.25, 0.3) is 0 Å². The maximum absolute atomic E-state index is 2.36. The molecular weight excluding hydrogens is 362 g/mol. The zero-order valence-electron chi connectivity index (χ0n) is 15.8. The predicted octanol–water partition coefficient (Wildman–Crippen LogP) is 8.20. The molecule has 129 valence electrons. The predicted molar refractivity (Wildman–Crippen MR) is 103 cm³/mol. The Kier molecular flexibility index (Phi) is 16.3. The molecule has 0 aromatic carbocycles. The van der Waals surface area contributed by atoms with Gasteiger partial charge in [0.2, 0.25) is 0 Å². The topological polar surface area (TPSA) is 0 Å². The van der Waals surface area contributed by atoms with Crippen molar-refractivity contribution < 1.29 is 0 Å². The first-order valence-corrected chi connectivity index (χ1v) is 17.3. The summed E-state index contributed by atoms with van der Waals surface area (Å²) < 4.78 is 6.85. The summed E-state index contributed by atoms with van der Waals surface area (Å²) in [6, 6.07) is 0. The van der Waals surface area contributed by atoms with E-state index in [2.05, 4.69) is 27.7 Å². The molecule has 0 aromatic heterocycles. The Hall–Kier alpha value is 0.818. The van der Waals surface area contributed by atoms with Crippen molar-refractivity contribution >= 4 is 18.8 Å². The van der Waals surface area contributed by atoms with E-state index < -0.39 is 18.8 Å². The van der Waals surface area contributed by atoms with E-state index in [-0.39, 0.29) is 0 Å². The van der Waals surface area contributed by atoms with E-state index in [0.29, 0.717) is 0 Å². The molecule has 0 bridgehead atoms. The Balaban J connectivity index is 4.52. The second-order valence-electron chi connectivity index (χ2n) is 7.06. The summed E-state index contributed by atoms with van der Waals surface area (Å²) >= 11 is -1.67. The van der Waals surface area contributed by atoms with Crippen LogP contribution in [0.1, 0.15) is 105 Å². The van der Waals surface area contributed by atoms with Crippen LogP contribution < -0.4 is 0 Å². The van der Waals surface area contributed by atoms with E-state index in [0.717, 1.165) is 0 Å². The van der Waals surface area contributed by atoms with Crippen LogP contribution in [0.5, 0.6) is 0 Å². The molecule has 0 amide bonds. The third-order valence-electron chi connectivity index (χ3n) is 4.94. The van der Waals surface area contributed by atoms with Crippen molar-refractivity contribution in [3.8, 4) is 0 Å². The van der Waals surface area contributed by atoms with Crippen molar-refractivity contribution in [2.75, 3.05) is 0 Å². The monoisotopic (exact) mass is 405 g/mol. The molecule has 0 aliphatic carbocycles. The fourth-order valence-corrected chi connectivity index (χ4v) is 17.5. The summed E-state index contributed by atoms with van der Waals surface area (Å²) in [5.41, 5.74) is 0. The van der Waals surface area contributed by atoms with Crippen molar-refractivity contribution in [3.63, 3.8) is 0 Å². The molecule has 0 N–H and O–H groups in total. The van der Waals surface area contributed by atoms with Gasteiger partial charge in [-0.2, -0.15) is 0 Å². The Morgan fingerprint density at radius 2 is 0.619 bits per heavy atom. The third kappa shape index (κ3) is 12.0. The number of unbranched alkanes of at least 4 members (excludes halogenated alkanes) is 8. The van der Waals surface area contributed by atoms with E-state index in [1.54, 1.807) is 43.2 Å². The van der Waals surface area contributed by atoms with E-state index in [9.17, 15) is 0 Å². The minimum atomic E-state index is -1.67. The van der Waals surface area contributed by atoms with Crippen LogP contribution in [0.2, 0.25) is 17.5 Å². The molecule has 0 saturated carbocycles. The van der Waals surface area contributed by atoms with Crippen LogP contribution in [0.25, 0.3) is 0 Å². The second-order valence-corrected chi connectivity index (χ2v) is 19.8. The van der Waals surface area contributed by atoms with Gasteiger partial charge in [0.15, 0.2) is 0 Å². The van der Waals surface area contributed by atoms with Gasteiger partial charge in [-0.1, -0.05) is 0 Å². The van der Waals surface area contributed by atoms with Crippen molar-refractivity contribution in [3.05, 3.63) is 0 Å². The van der Waals surface area contributed by atoms with E-state index >= 15 is 0 Å². The summed E-state index contributed by atoms with van der Waals surface area (Å²) in [5, 5.41) is 0. The molecule has 0 rings (SSSR count). The molecule has 1 radical (unpaired) electrons. The van der Waals surface area contributed by atoms with Gasteiger partial charge in [0, 0.05) is 0 Å². The number of hydrogen-bond acceptors (Lipinski definition) is 0. The molecule has 21 heavy (non-hydrogen) atoms. The Morgan fingerprint density at radius 3 is 0.810 bits per heavy atom. The average Bonchev–Trinajstić information content (AvgIpc) is 2.48. The molecule has 0 atom stereocenters. The Labute approximate surface area is 140 Å².